The van der Waals surface area contributed by atoms with Gasteiger partial charge in [0.05, 0.1) is 5.52 Å². The first-order chi connectivity index (χ1) is 9.76. The van der Waals surface area contributed by atoms with Gasteiger partial charge in [-0.1, -0.05) is 45.4 Å². The number of pyridine rings is 1. The molecule has 0 aliphatic heterocycles. The van der Waals surface area contributed by atoms with Crippen LogP contribution >= 0.6 is 0 Å². The number of nitrogens with one attached hydrogen (secondary N) is 1. The van der Waals surface area contributed by atoms with Crippen molar-refractivity contribution in [3.63, 3.8) is 0 Å². The molecule has 2 heteroatoms. The van der Waals surface area contributed by atoms with Gasteiger partial charge < -0.3 is 5.32 Å². The molecular formula is C18H26N2. The van der Waals surface area contributed by atoms with Crippen molar-refractivity contribution < 1.29 is 0 Å². The summed E-state index contributed by atoms with van der Waals surface area (Å²) in [5, 5.41) is 5.01. The Morgan fingerprint density at radius 1 is 1.15 bits per heavy atom. The van der Waals surface area contributed by atoms with Crippen LogP contribution in [0.2, 0.25) is 0 Å². The third-order valence-electron chi connectivity index (χ3n) is 4.17. The van der Waals surface area contributed by atoms with E-state index in [2.05, 4.69) is 61.4 Å². The van der Waals surface area contributed by atoms with E-state index in [0.29, 0.717) is 12.0 Å². The van der Waals surface area contributed by atoms with E-state index in [1.807, 2.05) is 6.20 Å². The van der Waals surface area contributed by atoms with Crippen molar-refractivity contribution in [3.05, 3.63) is 42.1 Å². The summed E-state index contributed by atoms with van der Waals surface area (Å²) in [6.45, 7) is 7.94. The van der Waals surface area contributed by atoms with E-state index in [-0.39, 0.29) is 0 Å². The molecule has 1 aromatic heterocycles. The number of nitrogens with zero attached hydrogens (tertiary/aromatic N) is 1. The van der Waals surface area contributed by atoms with Crippen LogP contribution in [0.1, 0.15) is 39.2 Å². The van der Waals surface area contributed by atoms with Crippen LogP contribution in [0.15, 0.2) is 36.5 Å². The van der Waals surface area contributed by atoms with Gasteiger partial charge in [-0.15, -0.1) is 0 Å². The maximum atomic E-state index is 4.46. The summed E-state index contributed by atoms with van der Waals surface area (Å²) >= 11 is 0. The highest BCUT2D eigenvalue weighted by Gasteiger charge is 2.16. The lowest BCUT2D eigenvalue weighted by atomic mass is 9.91. The molecule has 20 heavy (non-hydrogen) atoms. The summed E-state index contributed by atoms with van der Waals surface area (Å²) in [6, 6.07) is 11.2. The summed E-state index contributed by atoms with van der Waals surface area (Å²) in [5.74, 6) is 0.688. The molecule has 1 heterocycles. The number of hydrogen-bond donors (Lipinski definition) is 1. The molecule has 0 radical (unpaired) electrons. The number of hydrogen-bond acceptors (Lipinski definition) is 2. The molecule has 0 aliphatic rings. The Morgan fingerprint density at radius 3 is 2.70 bits per heavy atom. The Labute approximate surface area is 122 Å². The Kier molecular flexibility index (Phi) is 5.54. The van der Waals surface area contributed by atoms with E-state index in [9.17, 15) is 0 Å². The summed E-state index contributed by atoms with van der Waals surface area (Å²) < 4.78 is 0. The van der Waals surface area contributed by atoms with Gasteiger partial charge in [-0.2, -0.15) is 0 Å². The van der Waals surface area contributed by atoms with Gasteiger partial charge in [0.1, 0.15) is 0 Å². The number of aromatic nitrogens is 1. The molecule has 0 spiro atoms. The lowest BCUT2D eigenvalue weighted by Gasteiger charge is -2.25. The minimum Gasteiger partial charge on any atom is -0.313 e. The molecule has 1 aromatic carbocycles. The van der Waals surface area contributed by atoms with Crippen molar-refractivity contribution >= 4 is 10.9 Å². The maximum Gasteiger partial charge on any atom is 0.0704 e. The molecule has 1 N–H and O–H groups in total. The van der Waals surface area contributed by atoms with E-state index < -0.39 is 0 Å². The molecule has 2 atom stereocenters. The normalized spacial score (nSPS) is 14.3. The predicted molar refractivity (Wildman–Crippen MR) is 87.0 cm³/mol. The van der Waals surface area contributed by atoms with Gasteiger partial charge in [-0.05, 0) is 43.0 Å². The van der Waals surface area contributed by atoms with E-state index in [1.54, 1.807) is 0 Å². The number of rotatable bonds is 7. The fraction of sp³-hybridized carbons (Fsp3) is 0.500. The number of fused-ring (bicyclic) bond motifs is 1. The van der Waals surface area contributed by atoms with Crippen LogP contribution in [0.3, 0.4) is 0 Å². The van der Waals surface area contributed by atoms with Crippen LogP contribution in [0.4, 0.5) is 0 Å². The monoisotopic (exact) mass is 270 g/mol. The Bertz CT molecular complexity index is 530. The highest BCUT2D eigenvalue weighted by Crippen LogP contribution is 2.20. The minimum absolute atomic E-state index is 0.547. The molecule has 2 nitrogen and oxygen atoms in total. The van der Waals surface area contributed by atoms with Gasteiger partial charge >= 0.3 is 0 Å². The topological polar surface area (TPSA) is 24.9 Å². The molecule has 2 aromatic rings. The van der Waals surface area contributed by atoms with Crippen LogP contribution in [-0.4, -0.2) is 17.6 Å². The van der Waals surface area contributed by atoms with Crippen molar-refractivity contribution in [1.29, 1.82) is 0 Å². The second-order valence-electron chi connectivity index (χ2n) is 5.64. The minimum atomic E-state index is 0.547. The molecule has 0 aliphatic carbocycles. The first-order valence-electron chi connectivity index (χ1n) is 7.82. The van der Waals surface area contributed by atoms with E-state index in [0.717, 1.165) is 18.5 Å². The Balaban J connectivity index is 2.23. The molecule has 2 rings (SSSR count). The van der Waals surface area contributed by atoms with Crippen molar-refractivity contribution in [2.45, 2.75) is 46.1 Å². The molecule has 0 amide bonds. The third-order valence-corrected chi connectivity index (χ3v) is 4.17. The van der Waals surface area contributed by atoms with Crippen molar-refractivity contribution in [2.24, 2.45) is 5.92 Å². The number of benzene rings is 1. The largest absolute Gasteiger partial charge is 0.313 e. The lowest BCUT2D eigenvalue weighted by Crippen LogP contribution is -2.37. The van der Waals surface area contributed by atoms with E-state index in [1.165, 1.54) is 23.8 Å². The van der Waals surface area contributed by atoms with Gasteiger partial charge in [-0.25, -0.2) is 0 Å². The SMILES string of the molecule is CCCNC(Cc1ccnc2ccccc12)C(C)CC. The standard InChI is InChI=1S/C18H26N2/c1-4-11-19-18(14(3)5-2)13-15-10-12-20-17-9-7-6-8-16(15)17/h6-10,12,14,18-19H,4-5,11,13H2,1-3H3. The zero-order valence-electron chi connectivity index (χ0n) is 12.9. The highest BCUT2D eigenvalue weighted by atomic mass is 14.9. The van der Waals surface area contributed by atoms with Gasteiger partial charge in [-0.3, -0.25) is 4.98 Å². The summed E-state index contributed by atoms with van der Waals surface area (Å²) in [6.07, 6.45) is 5.41. The van der Waals surface area contributed by atoms with Crippen LogP contribution in [-0.2, 0) is 6.42 Å². The van der Waals surface area contributed by atoms with Gasteiger partial charge in [0.15, 0.2) is 0 Å². The van der Waals surface area contributed by atoms with Crippen molar-refractivity contribution in [3.8, 4) is 0 Å². The van der Waals surface area contributed by atoms with Gasteiger partial charge in [0, 0.05) is 17.6 Å². The third kappa shape index (κ3) is 3.57. The Hall–Kier alpha value is -1.41. The summed E-state index contributed by atoms with van der Waals surface area (Å²) in [7, 11) is 0. The average Bonchev–Trinajstić information content (AvgIpc) is 2.50. The molecule has 2 unspecified atom stereocenters. The van der Waals surface area contributed by atoms with Gasteiger partial charge in [0.25, 0.3) is 0 Å². The Morgan fingerprint density at radius 2 is 1.95 bits per heavy atom. The fourth-order valence-corrected chi connectivity index (χ4v) is 2.66. The van der Waals surface area contributed by atoms with E-state index >= 15 is 0 Å². The van der Waals surface area contributed by atoms with Crippen LogP contribution in [0, 0.1) is 5.92 Å². The molecular weight excluding hydrogens is 244 g/mol. The number of para-hydroxylation sites is 1. The fourth-order valence-electron chi connectivity index (χ4n) is 2.66. The average molecular weight is 270 g/mol. The van der Waals surface area contributed by atoms with E-state index in [4.69, 9.17) is 0 Å². The maximum absolute atomic E-state index is 4.46. The van der Waals surface area contributed by atoms with Gasteiger partial charge in [0.2, 0.25) is 0 Å². The van der Waals surface area contributed by atoms with Crippen molar-refractivity contribution in [2.75, 3.05) is 6.54 Å². The van der Waals surface area contributed by atoms with Crippen LogP contribution in [0.5, 0.6) is 0 Å². The second-order valence-corrected chi connectivity index (χ2v) is 5.64. The molecule has 0 fully saturated rings. The molecule has 108 valence electrons. The zero-order chi connectivity index (χ0) is 14.4. The van der Waals surface area contributed by atoms with Crippen LogP contribution in [0.25, 0.3) is 10.9 Å². The first-order valence-corrected chi connectivity index (χ1v) is 7.82. The molecule has 0 saturated heterocycles. The zero-order valence-corrected chi connectivity index (χ0v) is 12.9. The first kappa shape index (κ1) is 15.0. The smallest absolute Gasteiger partial charge is 0.0704 e. The van der Waals surface area contributed by atoms with Crippen LogP contribution < -0.4 is 5.32 Å². The summed E-state index contributed by atoms with van der Waals surface area (Å²) in [5.41, 5.74) is 2.51. The molecule has 0 bridgehead atoms. The summed E-state index contributed by atoms with van der Waals surface area (Å²) in [4.78, 5) is 4.46. The van der Waals surface area contributed by atoms with Crippen molar-refractivity contribution in [1.82, 2.24) is 10.3 Å². The quantitative estimate of drug-likeness (QED) is 0.816. The second kappa shape index (κ2) is 7.39. The highest BCUT2D eigenvalue weighted by molar-refractivity contribution is 5.81. The lowest BCUT2D eigenvalue weighted by molar-refractivity contribution is 0.365. The predicted octanol–water partition coefficient (Wildman–Crippen LogP) is 4.19. The molecule has 0 saturated carbocycles.